The zero-order valence-electron chi connectivity index (χ0n) is 10.1. The van der Waals surface area contributed by atoms with Crippen molar-refractivity contribution in [3.05, 3.63) is 54.1 Å². The number of carbonyl (C=O) groups excluding carboxylic acids is 1. The molecular formula is C15H15NO. The van der Waals surface area contributed by atoms with Crippen LogP contribution in [-0.4, -0.2) is 24.9 Å². The van der Waals surface area contributed by atoms with E-state index >= 15 is 0 Å². The van der Waals surface area contributed by atoms with Crippen LogP contribution >= 0.6 is 0 Å². The van der Waals surface area contributed by atoms with Crippen LogP contribution in [0.3, 0.4) is 0 Å². The quantitative estimate of drug-likeness (QED) is 0.768. The average Bonchev–Trinajstić information content (AvgIpc) is 2.36. The number of carbonyl (C=O) groups is 1. The molecule has 0 aromatic heterocycles. The second kappa shape index (κ2) is 4.42. The standard InChI is InChI=1S/C15H15NO/c1-4-11-7-5-9-13-12(11)8-6-10-14(13)15(17)16(2)3/h4-10H,1H2,2-3H3. The number of nitrogens with zero attached hydrogens (tertiary/aromatic N) is 1. The zero-order valence-corrected chi connectivity index (χ0v) is 10.1. The van der Waals surface area contributed by atoms with E-state index in [9.17, 15) is 4.79 Å². The number of benzene rings is 2. The van der Waals surface area contributed by atoms with Gasteiger partial charge in [0.1, 0.15) is 0 Å². The Labute approximate surface area is 101 Å². The lowest BCUT2D eigenvalue weighted by Crippen LogP contribution is -2.21. The fraction of sp³-hybridized carbons (Fsp3) is 0.133. The fourth-order valence-corrected chi connectivity index (χ4v) is 1.94. The second-order valence-corrected chi connectivity index (χ2v) is 4.15. The lowest BCUT2D eigenvalue weighted by atomic mass is 9.99. The minimum atomic E-state index is 0.0248. The van der Waals surface area contributed by atoms with E-state index in [0.717, 1.165) is 21.9 Å². The summed E-state index contributed by atoms with van der Waals surface area (Å²) in [4.78, 5) is 13.7. The molecule has 0 heterocycles. The lowest BCUT2D eigenvalue weighted by Gasteiger charge is -2.13. The topological polar surface area (TPSA) is 20.3 Å². The molecule has 0 saturated carbocycles. The summed E-state index contributed by atoms with van der Waals surface area (Å²) in [5.41, 5.74) is 1.78. The second-order valence-electron chi connectivity index (χ2n) is 4.15. The van der Waals surface area contributed by atoms with Gasteiger partial charge in [-0.05, 0) is 22.4 Å². The van der Waals surface area contributed by atoms with Gasteiger partial charge < -0.3 is 4.90 Å². The van der Waals surface area contributed by atoms with Crippen LogP contribution in [0.5, 0.6) is 0 Å². The van der Waals surface area contributed by atoms with Gasteiger partial charge >= 0.3 is 0 Å². The molecule has 0 radical (unpaired) electrons. The molecule has 0 N–H and O–H groups in total. The summed E-state index contributed by atoms with van der Waals surface area (Å²) in [6.45, 7) is 3.80. The highest BCUT2D eigenvalue weighted by atomic mass is 16.2. The van der Waals surface area contributed by atoms with Gasteiger partial charge in [0.15, 0.2) is 0 Å². The van der Waals surface area contributed by atoms with Crippen LogP contribution < -0.4 is 0 Å². The summed E-state index contributed by atoms with van der Waals surface area (Å²) in [7, 11) is 3.52. The highest BCUT2D eigenvalue weighted by Crippen LogP contribution is 2.23. The molecule has 0 aliphatic heterocycles. The molecule has 0 aliphatic rings. The van der Waals surface area contributed by atoms with Crippen molar-refractivity contribution in [2.45, 2.75) is 0 Å². The zero-order chi connectivity index (χ0) is 12.4. The number of rotatable bonds is 2. The first-order valence-corrected chi connectivity index (χ1v) is 5.51. The summed E-state index contributed by atoms with van der Waals surface area (Å²) in [5, 5.41) is 2.04. The minimum Gasteiger partial charge on any atom is -0.345 e. The summed E-state index contributed by atoms with van der Waals surface area (Å²) in [6, 6.07) is 11.7. The van der Waals surface area contributed by atoms with Crippen LogP contribution in [-0.2, 0) is 0 Å². The smallest absolute Gasteiger partial charge is 0.253 e. The van der Waals surface area contributed by atoms with E-state index in [1.165, 1.54) is 0 Å². The average molecular weight is 225 g/mol. The Kier molecular flexibility index (Phi) is 2.96. The first-order valence-electron chi connectivity index (χ1n) is 5.51. The summed E-state index contributed by atoms with van der Waals surface area (Å²) in [5.74, 6) is 0.0248. The monoisotopic (exact) mass is 225 g/mol. The van der Waals surface area contributed by atoms with Gasteiger partial charge in [0.2, 0.25) is 0 Å². The van der Waals surface area contributed by atoms with Gasteiger partial charge in [0.05, 0.1) is 0 Å². The third kappa shape index (κ3) is 1.94. The molecule has 0 bridgehead atoms. The van der Waals surface area contributed by atoms with Gasteiger partial charge in [-0.3, -0.25) is 4.79 Å². The van der Waals surface area contributed by atoms with Crippen molar-refractivity contribution in [2.75, 3.05) is 14.1 Å². The number of fused-ring (bicyclic) bond motifs is 1. The number of amides is 1. The van der Waals surface area contributed by atoms with Crippen molar-refractivity contribution in [3.8, 4) is 0 Å². The van der Waals surface area contributed by atoms with Gasteiger partial charge in [0, 0.05) is 19.7 Å². The third-order valence-electron chi connectivity index (χ3n) is 2.81. The van der Waals surface area contributed by atoms with E-state index in [1.54, 1.807) is 19.0 Å². The summed E-state index contributed by atoms with van der Waals surface area (Å²) in [6.07, 6.45) is 1.81. The normalized spacial score (nSPS) is 10.2. The van der Waals surface area contributed by atoms with E-state index in [-0.39, 0.29) is 5.91 Å². The summed E-state index contributed by atoms with van der Waals surface area (Å²) >= 11 is 0. The van der Waals surface area contributed by atoms with Crippen LogP contribution in [0.2, 0.25) is 0 Å². The molecule has 0 spiro atoms. The Bertz CT molecular complexity index is 584. The number of hydrogen-bond donors (Lipinski definition) is 0. The first kappa shape index (κ1) is 11.4. The Morgan fingerprint density at radius 1 is 1.12 bits per heavy atom. The van der Waals surface area contributed by atoms with E-state index in [0.29, 0.717) is 0 Å². The van der Waals surface area contributed by atoms with Crippen LogP contribution in [0.15, 0.2) is 43.0 Å². The molecule has 0 unspecified atom stereocenters. The molecule has 1 amide bonds. The highest BCUT2D eigenvalue weighted by molar-refractivity contribution is 6.08. The molecular weight excluding hydrogens is 210 g/mol. The SMILES string of the molecule is C=Cc1cccc2c(C(=O)N(C)C)cccc12. The number of hydrogen-bond acceptors (Lipinski definition) is 1. The van der Waals surface area contributed by atoms with Gasteiger partial charge in [-0.2, -0.15) is 0 Å². The molecule has 2 aromatic carbocycles. The Morgan fingerprint density at radius 3 is 2.41 bits per heavy atom. The van der Waals surface area contributed by atoms with Gasteiger partial charge in [-0.1, -0.05) is 43.0 Å². The molecule has 0 aliphatic carbocycles. The van der Waals surface area contributed by atoms with Crippen molar-refractivity contribution in [2.24, 2.45) is 0 Å². The molecule has 0 saturated heterocycles. The van der Waals surface area contributed by atoms with Crippen molar-refractivity contribution >= 4 is 22.8 Å². The fourth-order valence-electron chi connectivity index (χ4n) is 1.94. The molecule has 86 valence electrons. The van der Waals surface area contributed by atoms with Gasteiger partial charge in [0.25, 0.3) is 5.91 Å². The summed E-state index contributed by atoms with van der Waals surface area (Å²) < 4.78 is 0. The van der Waals surface area contributed by atoms with E-state index < -0.39 is 0 Å². The van der Waals surface area contributed by atoms with Crippen LogP contribution in [0, 0.1) is 0 Å². The van der Waals surface area contributed by atoms with E-state index in [2.05, 4.69) is 6.58 Å². The maximum Gasteiger partial charge on any atom is 0.253 e. The predicted molar refractivity (Wildman–Crippen MR) is 72.1 cm³/mol. The van der Waals surface area contributed by atoms with Gasteiger partial charge in [-0.15, -0.1) is 0 Å². The molecule has 2 rings (SSSR count). The van der Waals surface area contributed by atoms with Gasteiger partial charge in [-0.25, -0.2) is 0 Å². The lowest BCUT2D eigenvalue weighted by molar-refractivity contribution is 0.0829. The molecule has 0 fully saturated rings. The van der Waals surface area contributed by atoms with E-state index in [1.807, 2.05) is 42.5 Å². The molecule has 17 heavy (non-hydrogen) atoms. The van der Waals surface area contributed by atoms with Crippen molar-refractivity contribution in [3.63, 3.8) is 0 Å². The largest absolute Gasteiger partial charge is 0.345 e. The molecule has 2 nitrogen and oxygen atoms in total. The first-order chi connectivity index (χ1) is 8.15. The molecule has 2 heteroatoms. The third-order valence-corrected chi connectivity index (χ3v) is 2.81. The van der Waals surface area contributed by atoms with Crippen molar-refractivity contribution < 1.29 is 4.79 Å². The predicted octanol–water partition coefficient (Wildman–Crippen LogP) is 3.18. The maximum absolute atomic E-state index is 12.1. The van der Waals surface area contributed by atoms with Crippen molar-refractivity contribution in [1.29, 1.82) is 0 Å². The van der Waals surface area contributed by atoms with E-state index in [4.69, 9.17) is 0 Å². The van der Waals surface area contributed by atoms with Crippen LogP contribution in [0.25, 0.3) is 16.8 Å². The van der Waals surface area contributed by atoms with Crippen LogP contribution in [0.1, 0.15) is 15.9 Å². The minimum absolute atomic E-state index is 0.0248. The molecule has 2 aromatic rings. The van der Waals surface area contributed by atoms with Crippen molar-refractivity contribution in [1.82, 2.24) is 4.90 Å². The Morgan fingerprint density at radius 2 is 1.76 bits per heavy atom. The highest BCUT2D eigenvalue weighted by Gasteiger charge is 2.11. The Hall–Kier alpha value is -2.09. The van der Waals surface area contributed by atoms with Crippen LogP contribution in [0.4, 0.5) is 0 Å². The Balaban J connectivity index is 2.74. The molecule has 0 atom stereocenters. The maximum atomic E-state index is 12.1.